The molecule has 1 heterocycles. The molecule has 2 aromatic carbocycles. The number of benzene rings is 2. The minimum atomic E-state index is -3.51. The summed E-state index contributed by atoms with van der Waals surface area (Å²) < 4.78 is 30.7. The molecule has 0 aromatic heterocycles. The molecule has 0 unspecified atom stereocenters. The first-order chi connectivity index (χ1) is 15.4. The molecule has 0 saturated heterocycles. The Morgan fingerprint density at radius 3 is 2.45 bits per heavy atom. The van der Waals surface area contributed by atoms with E-state index in [2.05, 4.69) is 10.6 Å². The van der Waals surface area contributed by atoms with Gasteiger partial charge in [0, 0.05) is 28.7 Å². The van der Waals surface area contributed by atoms with Crippen molar-refractivity contribution >= 4 is 44.5 Å². The standard InChI is InChI=1S/C23H28N4O5S/c1-5-32-22(29)15-6-11-18-19(21(28)26-20(18)12-15)13-25-16-7-9-17(10-8-16)27(33(4,30)31)14-23(2,3)24/h6-13,25H,5,14,24H2,1-4H3,(H,26,28). The number of hydrogen-bond donors (Lipinski definition) is 3. The summed E-state index contributed by atoms with van der Waals surface area (Å²) in [6.07, 6.45) is 2.70. The van der Waals surface area contributed by atoms with Gasteiger partial charge in [0.25, 0.3) is 5.91 Å². The van der Waals surface area contributed by atoms with E-state index in [-0.39, 0.29) is 19.1 Å². The van der Waals surface area contributed by atoms with Crippen LogP contribution >= 0.6 is 0 Å². The first-order valence-corrected chi connectivity index (χ1v) is 12.2. The highest BCUT2D eigenvalue weighted by Crippen LogP contribution is 2.33. The Balaban J connectivity index is 1.79. The molecular formula is C23H28N4O5S. The Morgan fingerprint density at radius 1 is 1.21 bits per heavy atom. The second-order valence-corrected chi connectivity index (χ2v) is 10.3. The smallest absolute Gasteiger partial charge is 0.338 e. The van der Waals surface area contributed by atoms with Gasteiger partial charge in [-0.1, -0.05) is 6.07 Å². The lowest BCUT2D eigenvalue weighted by Crippen LogP contribution is -2.47. The lowest BCUT2D eigenvalue weighted by molar-refractivity contribution is -0.110. The number of esters is 1. The van der Waals surface area contributed by atoms with Gasteiger partial charge < -0.3 is 21.1 Å². The number of ether oxygens (including phenoxy) is 1. The van der Waals surface area contributed by atoms with Crippen molar-refractivity contribution in [3.8, 4) is 0 Å². The quantitative estimate of drug-likeness (QED) is 0.398. The zero-order valence-corrected chi connectivity index (χ0v) is 19.8. The van der Waals surface area contributed by atoms with Crippen LogP contribution < -0.4 is 20.7 Å². The highest BCUT2D eigenvalue weighted by molar-refractivity contribution is 7.92. The van der Waals surface area contributed by atoms with Crippen molar-refractivity contribution in [1.29, 1.82) is 0 Å². The number of carbonyl (C=O) groups is 2. The fourth-order valence-electron chi connectivity index (χ4n) is 3.33. The molecule has 4 N–H and O–H groups in total. The number of carbonyl (C=O) groups excluding carboxylic acids is 2. The van der Waals surface area contributed by atoms with Gasteiger partial charge in [0.1, 0.15) is 0 Å². The minimum absolute atomic E-state index is 0.132. The number of nitrogens with one attached hydrogen (secondary N) is 2. The Morgan fingerprint density at radius 2 is 1.88 bits per heavy atom. The monoisotopic (exact) mass is 472 g/mol. The maximum Gasteiger partial charge on any atom is 0.338 e. The van der Waals surface area contributed by atoms with Crippen molar-refractivity contribution in [2.75, 3.05) is 34.3 Å². The highest BCUT2D eigenvalue weighted by Gasteiger charge is 2.26. The molecule has 0 aliphatic carbocycles. The molecule has 3 rings (SSSR count). The van der Waals surface area contributed by atoms with Crippen LogP contribution in [0.4, 0.5) is 17.1 Å². The average Bonchev–Trinajstić information content (AvgIpc) is 3.04. The molecule has 0 saturated carbocycles. The molecule has 2 aromatic rings. The number of nitrogens with zero attached hydrogens (tertiary/aromatic N) is 1. The molecule has 176 valence electrons. The number of sulfonamides is 1. The van der Waals surface area contributed by atoms with Crippen LogP contribution in [-0.4, -0.2) is 45.2 Å². The summed E-state index contributed by atoms with van der Waals surface area (Å²) in [5, 5.41) is 5.80. The summed E-state index contributed by atoms with van der Waals surface area (Å²) in [6, 6.07) is 11.6. The maximum absolute atomic E-state index is 12.4. The molecule has 0 fully saturated rings. The SMILES string of the molecule is CCOC(=O)c1ccc2c(c1)NC(=O)C2=CNc1ccc(N(CC(C)(C)N)S(C)(=O)=O)cc1. The van der Waals surface area contributed by atoms with E-state index in [9.17, 15) is 18.0 Å². The van der Waals surface area contributed by atoms with Gasteiger partial charge in [-0.3, -0.25) is 9.10 Å². The summed E-state index contributed by atoms with van der Waals surface area (Å²) >= 11 is 0. The molecule has 0 radical (unpaired) electrons. The van der Waals surface area contributed by atoms with Crippen LogP contribution in [0, 0.1) is 0 Å². The topological polar surface area (TPSA) is 131 Å². The van der Waals surface area contributed by atoms with Crippen molar-refractivity contribution in [2.24, 2.45) is 5.73 Å². The largest absolute Gasteiger partial charge is 0.462 e. The second kappa shape index (κ2) is 9.24. The van der Waals surface area contributed by atoms with Gasteiger partial charge in [-0.25, -0.2) is 13.2 Å². The van der Waals surface area contributed by atoms with E-state index in [1.165, 1.54) is 4.31 Å². The van der Waals surface area contributed by atoms with Gasteiger partial charge in [-0.05, 0) is 57.2 Å². The number of amides is 1. The molecule has 1 amide bonds. The summed E-state index contributed by atoms with van der Waals surface area (Å²) in [5.41, 5.74) is 8.42. The number of anilines is 3. The molecular weight excluding hydrogens is 444 g/mol. The van der Waals surface area contributed by atoms with Crippen LogP contribution in [0.25, 0.3) is 5.57 Å². The van der Waals surface area contributed by atoms with E-state index in [4.69, 9.17) is 10.5 Å². The van der Waals surface area contributed by atoms with Gasteiger partial charge in [-0.15, -0.1) is 0 Å². The van der Waals surface area contributed by atoms with Crippen molar-refractivity contribution in [2.45, 2.75) is 26.3 Å². The molecule has 1 aliphatic rings. The Kier molecular flexibility index (Phi) is 6.80. The molecule has 0 atom stereocenters. The van der Waals surface area contributed by atoms with Crippen LogP contribution in [0.15, 0.2) is 48.7 Å². The zero-order chi connectivity index (χ0) is 24.4. The predicted octanol–water partition coefficient (Wildman–Crippen LogP) is 2.77. The summed E-state index contributed by atoms with van der Waals surface area (Å²) in [6.45, 7) is 5.64. The van der Waals surface area contributed by atoms with E-state index in [0.29, 0.717) is 33.8 Å². The third kappa shape index (κ3) is 5.91. The van der Waals surface area contributed by atoms with E-state index >= 15 is 0 Å². The van der Waals surface area contributed by atoms with E-state index in [0.717, 1.165) is 6.26 Å². The summed E-state index contributed by atoms with van der Waals surface area (Å²) in [5.74, 6) is -0.755. The van der Waals surface area contributed by atoms with E-state index in [1.54, 1.807) is 69.4 Å². The lowest BCUT2D eigenvalue weighted by Gasteiger charge is -2.29. The lowest BCUT2D eigenvalue weighted by atomic mass is 10.1. The zero-order valence-electron chi connectivity index (χ0n) is 19.0. The summed E-state index contributed by atoms with van der Waals surface area (Å²) in [4.78, 5) is 24.3. The number of hydrogen-bond acceptors (Lipinski definition) is 7. The first kappa shape index (κ1) is 24.3. The minimum Gasteiger partial charge on any atom is -0.462 e. The van der Waals surface area contributed by atoms with Crippen LogP contribution in [0.2, 0.25) is 0 Å². The Bertz CT molecular complexity index is 1200. The molecule has 0 spiro atoms. The van der Waals surface area contributed by atoms with Gasteiger partial charge in [-0.2, -0.15) is 0 Å². The van der Waals surface area contributed by atoms with Gasteiger partial charge in [0.2, 0.25) is 10.0 Å². The molecule has 1 aliphatic heterocycles. The van der Waals surface area contributed by atoms with E-state index < -0.39 is 21.5 Å². The van der Waals surface area contributed by atoms with Crippen molar-refractivity contribution in [3.05, 3.63) is 59.8 Å². The molecule has 0 bridgehead atoms. The van der Waals surface area contributed by atoms with Crippen molar-refractivity contribution in [3.63, 3.8) is 0 Å². The predicted molar refractivity (Wildman–Crippen MR) is 130 cm³/mol. The highest BCUT2D eigenvalue weighted by atomic mass is 32.2. The number of fused-ring (bicyclic) bond motifs is 1. The average molecular weight is 473 g/mol. The van der Waals surface area contributed by atoms with Crippen LogP contribution in [0.5, 0.6) is 0 Å². The van der Waals surface area contributed by atoms with Gasteiger partial charge in [0.15, 0.2) is 0 Å². The van der Waals surface area contributed by atoms with Crippen LogP contribution in [0.1, 0.15) is 36.7 Å². The van der Waals surface area contributed by atoms with Crippen molar-refractivity contribution in [1.82, 2.24) is 0 Å². The normalized spacial score (nSPS) is 14.6. The van der Waals surface area contributed by atoms with Crippen molar-refractivity contribution < 1.29 is 22.7 Å². The maximum atomic E-state index is 12.4. The Hall–Kier alpha value is -3.37. The van der Waals surface area contributed by atoms with E-state index in [1.807, 2.05) is 0 Å². The fourth-order valence-corrected chi connectivity index (χ4v) is 4.40. The van der Waals surface area contributed by atoms with Crippen LogP contribution in [0.3, 0.4) is 0 Å². The van der Waals surface area contributed by atoms with Crippen LogP contribution in [-0.2, 0) is 19.6 Å². The third-order valence-corrected chi connectivity index (χ3v) is 5.94. The van der Waals surface area contributed by atoms with Gasteiger partial charge in [0.05, 0.1) is 36.2 Å². The fraction of sp³-hybridized carbons (Fsp3) is 0.304. The molecule has 10 heteroatoms. The summed E-state index contributed by atoms with van der Waals surface area (Å²) in [7, 11) is -3.51. The number of nitrogens with two attached hydrogens (primary N) is 1. The Labute approximate surface area is 193 Å². The number of rotatable bonds is 8. The van der Waals surface area contributed by atoms with Gasteiger partial charge >= 0.3 is 5.97 Å². The first-order valence-electron chi connectivity index (χ1n) is 10.4. The third-order valence-electron chi connectivity index (χ3n) is 4.80. The molecule has 9 nitrogen and oxygen atoms in total. The molecule has 33 heavy (non-hydrogen) atoms. The second-order valence-electron chi connectivity index (χ2n) is 8.44.